The van der Waals surface area contributed by atoms with Gasteiger partial charge in [0.1, 0.15) is 0 Å². The zero-order valence-corrected chi connectivity index (χ0v) is 10.5. The van der Waals surface area contributed by atoms with Crippen molar-refractivity contribution in [3.05, 3.63) is 70.5 Å². The summed E-state index contributed by atoms with van der Waals surface area (Å²) in [5.41, 5.74) is 1.41. The van der Waals surface area contributed by atoms with Gasteiger partial charge in [-0.05, 0) is 30.0 Å². The normalized spacial score (nSPS) is 10.8. The minimum Gasteiger partial charge on any atom is -0.494 e. The lowest BCUT2D eigenvalue weighted by molar-refractivity contribution is 0.442. The fourth-order valence-electron chi connectivity index (χ4n) is 2.30. The Labute approximate surface area is 110 Å². The fourth-order valence-corrected chi connectivity index (χ4v) is 2.30. The van der Waals surface area contributed by atoms with Gasteiger partial charge in [-0.25, -0.2) is 4.57 Å². The predicted molar refractivity (Wildman–Crippen MR) is 75.9 cm³/mol. The van der Waals surface area contributed by atoms with Crippen LogP contribution in [-0.4, -0.2) is 9.67 Å². The maximum Gasteiger partial charge on any atom is 0.258 e. The molecule has 0 aliphatic carbocycles. The van der Waals surface area contributed by atoms with Crippen LogP contribution in [0.25, 0.3) is 16.5 Å². The summed E-state index contributed by atoms with van der Waals surface area (Å²) < 4.78 is 1.34. The fraction of sp³-hybridized carbons (Fsp3) is 0.0625. The van der Waals surface area contributed by atoms with Crippen LogP contribution in [0.1, 0.15) is 5.56 Å². The zero-order valence-electron chi connectivity index (χ0n) is 10.5. The molecule has 3 heteroatoms. The Kier molecular flexibility index (Phi) is 2.60. The second kappa shape index (κ2) is 4.28. The molecule has 0 saturated heterocycles. The van der Waals surface area contributed by atoms with Crippen molar-refractivity contribution in [1.82, 2.24) is 4.57 Å². The average Bonchev–Trinajstić information content (AvgIpc) is 2.41. The molecule has 0 spiro atoms. The van der Waals surface area contributed by atoms with E-state index in [0.717, 1.165) is 10.9 Å². The molecule has 0 unspecified atom stereocenters. The van der Waals surface area contributed by atoms with E-state index in [2.05, 4.69) is 0 Å². The zero-order chi connectivity index (χ0) is 13.4. The van der Waals surface area contributed by atoms with Crippen molar-refractivity contribution in [1.29, 1.82) is 0 Å². The number of fused-ring (bicyclic) bond motifs is 1. The molecule has 0 amide bonds. The van der Waals surface area contributed by atoms with Crippen LogP contribution in [0.4, 0.5) is 0 Å². The first kappa shape index (κ1) is 11.5. The lowest BCUT2D eigenvalue weighted by atomic mass is 10.1. The molecule has 0 aliphatic heterocycles. The molecule has 0 fully saturated rings. The number of aromatic hydroxyl groups is 1. The summed E-state index contributed by atoms with van der Waals surface area (Å²) in [6.07, 6.45) is 0. The topological polar surface area (TPSA) is 42.2 Å². The summed E-state index contributed by atoms with van der Waals surface area (Å²) in [6, 6.07) is 16.3. The van der Waals surface area contributed by atoms with Crippen LogP contribution in [0, 0.1) is 6.92 Å². The predicted octanol–water partition coefficient (Wildman–Crippen LogP) is 3.00. The summed E-state index contributed by atoms with van der Waals surface area (Å²) in [5.74, 6) is -0.0163. The van der Waals surface area contributed by atoms with Gasteiger partial charge >= 0.3 is 0 Å². The van der Waals surface area contributed by atoms with E-state index >= 15 is 0 Å². The number of aromatic nitrogens is 1. The van der Waals surface area contributed by atoms with E-state index in [9.17, 15) is 9.90 Å². The lowest BCUT2D eigenvalue weighted by Crippen LogP contribution is -2.18. The number of nitrogens with zero attached hydrogens (tertiary/aromatic N) is 1. The third-order valence-corrected chi connectivity index (χ3v) is 3.27. The number of rotatable bonds is 1. The highest BCUT2D eigenvalue weighted by atomic mass is 16.3. The highest BCUT2D eigenvalue weighted by molar-refractivity contribution is 5.87. The van der Waals surface area contributed by atoms with Gasteiger partial charge in [-0.2, -0.15) is 0 Å². The molecule has 0 saturated carbocycles. The summed E-state index contributed by atoms with van der Waals surface area (Å²) in [6.45, 7) is 1.91. The summed E-state index contributed by atoms with van der Waals surface area (Å²) >= 11 is 0. The van der Waals surface area contributed by atoms with Crippen LogP contribution in [0.5, 0.6) is 5.88 Å². The molecule has 3 nitrogen and oxygen atoms in total. The number of aryl methyl sites for hydroxylation is 1. The number of hydrogen-bond donors (Lipinski definition) is 1. The first-order chi connectivity index (χ1) is 9.18. The van der Waals surface area contributed by atoms with Gasteiger partial charge in [0, 0.05) is 11.5 Å². The molecule has 0 bridgehead atoms. The van der Waals surface area contributed by atoms with Gasteiger partial charge in [0.25, 0.3) is 5.56 Å². The van der Waals surface area contributed by atoms with Gasteiger partial charge in [-0.3, -0.25) is 4.79 Å². The molecular weight excluding hydrogens is 238 g/mol. The maximum absolute atomic E-state index is 12.2. The molecule has 3 aromatic rings. The molecule has 0 atom stereocenters. The van der Waals surface area contributed by atoms with E-state index in [1.54, 1.807) is 12.1 Å². The summed E-state index contributed by atoms with van der Waals surface area (Å²) in [4.78, 5) is 12.2. The summed E-state index contributed by atoms with van der Waals surface area (Å²) in [5, 5.41) is 11.8. The SMILES string of the molecule is Cc1ccccc1-n1c(O)c2ccccc2cc1=O. The molecular formula is C16H13NO2. The van der Waals surface area contributed by atoms with E-state index in [1.165, 1.54) is 4.57 Å². The molecule has 0 radical (unpaired) electrons. The number of para-hydroxylation sites is 1. The third-order valence-electron chi connectivity index (χ3n) is 3.27. The van der Waals surface area contributed by atoms with Crippen LogP contribution >= 0.6 is 0 Å². The van der Waals surface area contributed by atoms with Crippen molar-refractivity contribution in [2.75, 3.05) is 0 Å². The van der Waals surface area contributed by atoms with Gasteiger partial charge in [0.05, 0.1) is 5.69 Å². The molecule has 1 aromatic heterocycles. The van der Waals surface area contributed by atoms with Crippen molar-refractivity contribution in [3.63, 3.8) is 0 Å². The highest BCUT2D eigenvalue weighted by Crippen LogP contribution is 2.25. The summed E-state index contributed by atoms with van der Waals surface area (Å²) in [7, 11) is 0. The Bertz CT molecular complexity index is 818. The van der Waals surface area contributed by atoms with Crippen LogP contribution in [0.2, 0.25) is 0 Å². The van der Waals surface area contributed by atoms with Crippen LogP contribution in [0.3, 0.4) is 0 Å². The molecule has 2 aromatic carbocycles. The molecule has 1 heterocycles. The largest absolute Gasteiger partial charge is 0.494 e. The average molecular weight is 251 g/mol. The molecule has 19 heavy (non-hydrogen) atoms. The smallest absolute Gasteiger partial charge is 0.258 e. The van der Waals surface area contributed by atoms with Crippen molar-refractivity contribution < 1.29 is 5.11 Å². The van der Waals surface area contributed by atoms with Crippen molar-refractivity contribution in [3.8, 4) is 11.6 Å². The van der Waals surface area contributed by atoms with E-state index in [1.807, 2.05) is 49.4 Å². The van der Waals surface area contributed by atoms with Crippen LogP contribution in [0.15, 0.2) is 59.4 Å². The molecule has 0 aliphatic rings. The van der Waals surface area contributed by atoms with E-state index in [0.29, 0.717) is 11.1 Å². The maximum atomic E-state index is 12.2. The van der Waals surface area contributed by atoms with Crippen molar-refractivity contribution in [2.45, 2.75) is 6.92 Å². The Hall–Kier alpha value is -2.55. The highest BCUT2D eigenvalue weighted by Gasteiger charge is 2.11. The van der Waals surface area contributed by atoms with Crippen LogP contribution in [-0.2, 0) is 0 Å². The quantitative estimate of drug-likeness (QED) is 0.722. The Morgan fingerprint density at radius 3 is 2.47 bits per heavy atom. The van der Waals surface area contributed by atoms with Gasteiger partial charge in [0.2, 0.25) is 5.88 Å². The van der Waals surface area contributed by atoms with Crippen molar-refractivity contribution >= 4 is 10.8 Å². The molecule has 1 N–H and O–H groups in total. The second-order valence-electron chi connectivity index (χ2n) is 4.52. The number of hydrogen-bond acceptors (Lipinski definition) is 2. The second-order valence-corrected chi connectivity index (χ2v) is 4.52. The standard InChI is InChI=1S/C16H13NO2/c1-11-6-2-5-9-14(11)17-15(18)10-12-7-3-4-8-13(12)16(17)19/h2-10,19H,1H3. The Morgan fingerprint density at radius 1 is 1.00 bits per heavy atom. The van der Waals surface area contributed by atoms with Gasteiger partial charge < -0.3 is 5.11 Å². The Morgan fingerprint density at radius 2 is 1.68 bits per heavy atom. The first-order valence-corrected chi connectivity index (χ1v) is 6.08. The third kappa shape index (κ3) is 1.80. The lowest BCUT2D eigenvalue weighted by Gasteiger charge is -2.12. The van der Waals surface area contributed by atoms with Gasteiger partial charge in [-0.1, -0.05) is 36.4 Å². The first-order valence-electron chi connectivity index (χ1n) is 6.08. The minimum atomic E-state index is -0.231. The van der Waals surface area contributed by atoms with Gasteiger partial charge in [0.15, 0.2) is 0 Å². The van der Waals surface area contributed by atoms with E-state index in [4.69, 9.17) is 0 Å². The van der Waals surface area contributed by atoms with E-state index in [-0.39, 0.29) is 11.4 Å². The monoisotopic (exact) mass is 251 g/mol. The van der Waals surface area contributed by atoms with Crippen molar-refractivity contribution in [2.24, 2.45) is 0 Å². The minimum absolute atomic E-state index is 0.0163. The van der Waals surface area contributed by atoms with E-state index < -0.39 is 0 Å². The van der Waals surface area contributed by atoms with Crippen LogP contribution < -0.4 is 5.56 Å². The molecule has 3 rings (SSSR count). The Balaban J connectivity index is 2.43. The van der Waals surface area contributed by atoms with Gasteiger partial charge in [-0.15, -0.1) is 0 Å². The molecule has 94 valence electrons. The number of pyridine rings is 1. The number of benzene rings is 2.